The van der Waals surface area contributed by atoms with Crippen LogP contribution in [0.2, 0.25) is 0 Å². The number of carbonyl (C=O) groups is 1. The Morgan fingerprint density at radius 3 is 2.59 bits per heavy atom. The lowest BCUT2D eigenvalue weighted by Gasteiger charge is -2.29. The number of hydrogen-bond acceptors (Lipinski definition) is 5. The molecule has 1 N–H and O–H groups in total. The highest BCUT2D eigenvalue weighted by Crippen LogP contribution is 2.29. The summed E-state index contributed by atoms with van der Waals surface area (Å²) in [5.41, 5.74) is 4.35. The van der Waals surface area contributed by atoms with Gasteiger partial charge in [0.1, 0.15) is 5.82 Å². The van der Waals surface area contributed by atoms with Crippen molar-refractivity contribution in [3.8, 4) is 22.8 Å². The minimum absolute atomic E-state index is 0.167. The van der Waals surface area contributed by atoms with Crippen molar-refractivity contribution < 1.29 is 9.21 Å². The third kappa shape index (κ3) is 4.71. The topological polar surface area (TPSA) is 71.3 Å². The van der Waals surface area contributed by atoms with Gasteiger partial charge in [-0.05, 0) is 44.4 Å². The monoisotopic (exact) mass is 452 g/mol. The molecule has 0 saturated carbocycles. The highest BCUT2D eigenvalue weighted by Gasteiger charge is 2.19. The molecule has 3 heterocycles. The molecular formula is C28H28N4O2. The average molecular weight is 453 g/mol. The van der Waals surface area contributed by atoms with Crippen LogP contribution in [0, 0.1) is 6.92 Å². The van der Waals surface area contributed by atoms with E-state index in [1.165, 1.54) is 24.8 Å². The molecule has 5 rings (SSSR count). The number of carbonyl (C=O) groups excluding carboxylic acids is 1. The number of pyridine rings is 1. The molecule has 0 unspecified atom stereocenters. The fourth-order valence-electron chi connectivity index (χ4n) is 4.35. The lowest BCUT2D eigenvalue weighted by Crippen LogP contribution is -2.32. The van der Waals surface area contributed by atoms with Crippen molar-refractivity contribution in [2.75, 3.05) is 18.0 Å². The first-order valence-corrected chi connectivity index (χ1v) is 11.8. The van der Waals surface area contributed by atoms with Gasteiger partial charge in [0.2, 0.25) is 5.89 Å². The maximum atomic E-state index is 13.2. The summed E-state index contributed by atoms with van der Waals surface area (Å²) in [6.45, 7) is 4.47. The van der Waals surface area contributed by atoms with Crippen LogP contribution in [-0.2, 0) is 6.54 Å². The van der Waals surface area contributed by atoms with Gasteiger partial charge in [-0.25, -0.2) is 9.97 Å². The van der Waals surface area contributed by atoms with Gasteiger partial charge in [-0.15, -0.1) is 0 Å². The van der Waals surface area contributed by atoms with E-state index in [9.17, 15) is 4.79 Å². The number of hydrogen-bond donors (Lipinski definition) is 1. The van der Waals surface area contributed by atoms with Crippen molar-refractivity contribution in [1.29, 1.82) is 0 Å². The van der Waals surface area contributed by atoms with Crippen LogP contribution in [-0.4, -0.2) is 29.0 Å². The van der Waals surface area contributed by atoms with Crippen LogP contribution < -0.4 is 10.2 Å². The Bertz CT molecular complexity index is 1270. The average Bonchev–Trinajstić information content (AvgIpc) is 3.39. The number of aromatic nitrogens is 2. The highest BCUT2D eigenvalue weighted by atomic mass is 16.4. The highest BCUT2D eigenvalue weighted by molar-refractivity contribution is 6.00. The zero-order valence-electron chi connectivity index (χ0n) is 19.3. The zero-order valence-corrected chi connectivity index (χ0v) is 19.3. The van der Waals surface area contributed by atoms with Gasteiger partial charge in [-0.2, -0.15) is 0 Å². The summed E-state index contributed by atoms with van der Waals surface area (Å²) in [4.78, 5) is 24.6. The predicted octanol–water partition coefficient (Wildman–Crippen LogP) is 5.63. The zero-order chi connectivity index (χ0) is 23.3. The van der Waals surface area contributed by atoms with Crippen LogP contribution in [0.1, 0.15) is 40.7 Å². The largest absolute Gasteiger partial charge is 0.436 e. The molecule has 1 aliphatic heterocycles. The first-order chi connectivity index (χ1) is 16.7. The number of benzene rings is 2. The molecule has 0 radical (unpaired) electrons. The summed E-state index contributed by atoms with van der Waals surface area (Å²) in [5, 5.41) is 3.07. The van der Waals surface area contributed by atoms with Crippen LogP contribution >= 0.6 is 0 Å². The molecule has 0 aliphatic carbocycles. The van der Waals surface area contributed by atoms with Crippen molar-refractivity contribution in [3.05, 3.63) is 89.7 Å². The van der Waals surface area contributed by atoms with Crippen molar-refractivity contribution in [1.82, 2.24) is 15.3 Å². The smallest absolute Gasteiger partial charge is 0.252 e. The van der Waals surface area contributed by atoms with E-state index < -0.39 is 0 Å². The fraction of sp³-hybridized carbons (Fsp3) is 0.250. The van der Waals surface area contributed by atoms with Crippen LogP contribution in [0.15, 0.2) is 77.5 Å². The van der Waals surface area contributed by atoms with E-state index in [0.717, 1.165) is 30.0 Å². The number of oxazole rings is 1. The summed E-state index contributed by atoms with van der Waals surface area (Å²) in [7, 11) is 0. The summed E-state index contributed by atoms with van der Waals surface area (Å²) >= 11 is 0. The molecule has 0 bridgehead atoms. The first kappa shape index (κ1) is 21.9. The second-order valence-electron chi connectivity index (χ2n) is 8.66. The van der Waals surface area contributed by atoms with Crippen molar-refractivity contribution >= 4 is 11.7 Å². The molecule has 1 saturated heterocycles. The van der Waals surface area contributed by atoms with Gasteiger partial charge in [0.25, 0.3) is 5.91 Å². The third-order valence-electron chi connectivity index (χ3n) is 6.21. The number of nitrogens with zero attached hydrogens (tertiary/aromatic N) is 3. The lowest BCUT2D eigenvalue weighted by atomic mass is 10.1. The molecular weight excluding hydrogens is 424 g/mol. The van der Waals surface area contributed by atoms with Gasteiger partial charge in [-0.3, -0.25) is 4.79 Å². The molecule has 0 atom stereocenters. The number of anilines is 1. The molecule has 0 spiro atoms. The third-order valence-corrected chi connectivity index (χ3v) is 6.21. The first-order valence-electron chi connectivity index (χ1n) is 11.8. The molecule has 6 heteroatoms. The SMILES string of the molecule is Cc1ccc(-c2cnc(-c3ccccc3C(=O)NCc3cccnc3N3CCCCC3)o2)cc1. The quantitative estimate of drug-likeness (QED) is 0.410. The van der Waals surface area contributed by atoms with Gasteiger partial charge in [0.15, 0.2) is 5.76 Å². The predicted molar refractivity (Wildman–Crippen MR) is 134 cm³/mol. The number of piperidine rings is 1. The number of rotatable bonds is 6. The van der Waals surface area contributed by atoms with Gasteiger partial charge < -0.3 is 14.6 Å². The second-order valence-corrected chi connectivity index (χ2v) is 8.66. The molecule has 4 aromatic rings. The minimum Gasteiger partial charge on any atom is -0.436 e. The molecule has 1 fully saturated rings. The molecule has 2 aromatic carbocycles. The van der Waals surface area contributed by atoms with E-state index in [1.54, 1.807) is 12.3 Å². The Kier molecular flexibility index (Phi) is 6.38. The summed E-state index contributed by atoms with van der Waals surface area (Å²) < 4.78 is 6.04. The fourth-order valence-corrected chi connectivity index (χ4v) is 4.35. The Labute approximate surface area is 199 Å². The van der Waals surface area contributed by atoms with Gasteiger partial charge in [-0.1, -0.05) is 48.0 Å². The lowest BCUT2D eigenvalue weighted by molar-refractivity contribution is 0.0951. The van der Waals surface area contributed by atoms with E-state index >= 15 is 0 Å². The summed E-state index contributed by atoms with van der Waals surface area (Å²) in [6.07, 6.45) is 7.14. The molecule has 172 valence electrons. The maximum Gasteiger partial charge on any atom is 0.252 e. The number of nitrogens with one attached hydrogen (secondary N) is 1. The molecule has 6 nitrogen and oxygen atoms in total. The molecule has 2 aromatic heterocycles. The molecule has 1 aliphatic rings. The normalized spacial score (nSPS) is 13.6. The van der Waals surface area contributed by atoms with Gasteiger partial charge in [0, 0.05) is 42.5 Å². The molecule has 1 amide bonds. The summed E-state index contributed by atoms with van der Waals surface area (Å²) in [6, 6.07) is 19.4. The summed E-state index contributed by atoms with van der Waals surface area (Å²) in [5.74, 6) is 1.90. The van der Waals surface area contributed by atoms with E-state index in [2.05, 4.69) is 20.2 Å². The Morgan fingerprint density at radius 2 is 1.76 bits per heavy atom. The van der Waals surface area contributed by atoms with E-state index in [4.69, 9.17) is 4.42 Å². The van der Waals surface area contributed by atoms with Crippen LogP contribution in [0.25, 0.3) is 22.8 Å². The van der Waals surface area contributed by atoms with Crippen LogP contribution in [0.3, 0.4) is 0 Å². The standard InChI is InChI=1S/C28H28N4O2/c1-20-11-13-21(14-12-20)25-19-31-28(34-25)24-10-4-3-9-23(24)27(33)30-18-22-8-7-15-29-26(22)32-16-5-2-6-17-32/h3-4,7-15,19H,2,5-6,16-18H2,1H3,(H,30,33). The maximum absolute atomic E-state index is 13.2. The van der Waals surface area contributed by atoms with Crippen LogP contribution in [0.5, 0.6) is 0 Å². The van der Waals surface area contributed by atoms with Crippen LogP contribution in [0.4, 0.5) is 5.82 Å². The Balaban J connectivity index is 1.34. The van der Waals surface area contributed by atoms with Crippen molar-refractivity contribution in [2.45, 2.75) is 32.7 Å². The van der Waals surface area contributed by atoms with Gasteiger partial charge >= 0.3 is 0 Å². The Morgan fingerprint density at radius 1 is 0.971 bits per heavy atom. The van der Waals surface area contributed by atoms with E-state index in [0.29, 0.717) is 29.3 Å². The van der Waals surface area contributed by atoms with Gasteiger partial charge in [0.05, 0.1) is 11.8 Å². The minimum atomic E-state index is -0.167. The van der Waals surface area contributed by atoms with E-state index in [-0.39, 0.29) is 5.91 Å². The number of aryl methyl sites for hydroxylation is 1. The Hall–Kier alpha value is -3.93. The van der Waals surface area contributed by atoms with Crippen molar-refractivity contribution in [3.63, 3.8) is 0 Å². The van der Waals surface area contributed by atoms with Crippen molar-refractivity contribution in [2.24, 2.45) is 0 Å². The molecule has 34 heavy (non-hydrogen) atoms. The van der Waals surface area contributed by atoms with E-state index in [1.807, 2.05) is 67.7 Å². The second kappa shape index (κ2) is 9.91. The number of amides is 1.